The quantitative estimate of drug-likeness (QED) is 0.684. The second-order valence-electron chi connectivity index (χ2n) is 4.54. The topological polar surface area (TPSA) is 58.1 Å². The minimum Gasteiger partial charge on any atom is -0.339 e. The maximum absolute atomic E-state index is 13.3. The third-order valence-electron chi connectivity index (χ3n) is 3.20. The van der Waals surface area contributed by atoms with E-state index < -0.39 is 17.0 Å². The summed E-state index contributed by atoms with van der Waals surface area (Å²) in [6.45, 7) is 0. The van der Waals surface area contributed by atoms with Gasteiger partial charge in [-0.25, -0.2) is 0 Å². The number of anilines is 3. The summed E-state index contributed by atoms with van der Waals surface area (Å²) in [5.41, 5.74) is 2.14. The van der Waals surface area contributed by atoms with Crippen molar-refractivity contribution in [2.45, 2.75) is 6.42 Å². The SMILES string of the molecule is CN1C(=O)Cc2cc(Nc3nc(F)nc(F)c3Cl)ccc21. The molecular formula is C13H9ClF2N4O. The average Bonchev–Trinajstić information content (AvgIpc) is 2.70. The zero-order valence-corrected chi connectivity index (χ0v) is 11.6. The van der Waals surface area contributed by atoms with Crippen LogP contribution in [0.5, 0.6) is 0 Å². The molecule has 1 amide bonds. The van der Waals surface area contributed by atoms with Gasteiger partial charge in [0.1, 0.15) is 5.02 Å². The first-order chi connectivity index (χ1) is 9.95. The van der Waals surface area contributed by atoms with Crippen molar-refractivity contribution in [1.29, 1.82) is 0 Å². The minimum atomic E-state index is -1.21. The number of rotatable bonds is 2. The number of fused-ring (bicyclic) bond motifs is 1. The van der Waals surface area contributed by atoms with Gasteiger partial charge in [-0.3, -0.25) is 4.79 Å². The maximum atomic E-state index is 13.3. The third-order valence-corrected chi connectivity index (χ3v) is 3.54. The largest absolute Gasteiger partial charge is 0.339 e. The molecule has 108 valence electrons. The molecule has 1 aromatic heterocycles. The number of aromatic nitrogens is 2. The molecule has 0 bridgehead atoms. The Morgan fingerprint density at radius 1 is 1.33 bits per heavy atom. The van der Waals surface area contributed by atoms with Crippen LogP contribution in [0, 0.1) is 12.0 Å². The lowest BCUT2D eigenvalue weighted by Gasteiger charge is -2.12. The number of carbonyl (C=O) groups is 1. The van der Waals surface area contributed by atoms with E-state index in [0.717, 1.165) is 11.3 Å². The van der Waals surface area contributed by atoms with Crippen molar-refractivity contribution in [3.05, 3.63) is 40.8 Å². The van der Waals surface area contributed by atoms with Gasteiger partial charge in [0.25, 0.3) is 0 Å². The molecule has 0 fully saturated rings. The predicted octanol–water partition coefficient (Wildman–Crippen LogP) is 2.67. The lowest BCUT2D eigenvalue weighted by Crippen LogP contribution is -2.20. The number of amides is 1. The van der Waals surface area contributed by atoms with Crippen LogP contribution >= 0.6 is 11.6 Å². The molecule has 0 unspecified atom stereocenters. The van der Waals surface area contributed by atoms with Crippen LogP contribution in [-0.2, 0) is 11.2 Å². The Morgan fingerprint density at radius 2 is 2.10 bits per heavy atom. The summed E-state index contributed by atoms with van der Waals surface area (Å²) >= 11 is 5.69. The Labute approximate surface area is 123 Å². The Hall–Kier alpha value is -2.28. The van der Waals surface area contributed by atoms with Crippen LogP contribution in [0.2, 0.25) is 5.02 Å². The van der Waals surface area contributed by atoms with Gasteiger partial charge in [0.2, 0.25) is 11.9 Å². The van der Waals surface area contributed by atoms with Gasteiger partial charge in [0.05, 0.1) is 6.42 Å². The molecule has 1 aliphatic rings. The van der Waals surface area contributed by atoms with Crippen molar-refractivity contribution in [2.75, 3.05) is 17.3 Å². The number of halogens is 3. The summed E-state index contributed by atoms with van der Waals surface area (Å²) in [6.07, 6.45) is -0.933. The number of likely N-dealkylation sites (N-methyl/N-ethyl adjacent to an activating group) is 1. The molecule has 1 aliphatic heterocycles. The smallest absolute Gasteiger partial charge is 0.313 e. The maximum Gasteiger partial charge on any atom is 0.313 e. The molecule has 0 spiro atoms. The molecule has 8 heteroatoms. The number of hydrogen-bond donors (Lipinski definition) is 1. The van der Waals surface area contributed by atoms with Crippen LogP contribution in [0.3, 0.4) is 0 Å². The average molecular weight is 311 g/mol. The summed E-state index contributed by atoms with van der Waals surface area (Å²) in [5, 5.41) is 2.32. The molecule has 2 heterocycles. The first-order valence-corrected chi connectivity index (χ1v) is 6.38. The highest BCUT2D eigenvalue weighted by Crippen LogP contribution is 2.32. The molecule has 5 nitrogen and oxygen atoms in total. The van der Waals surface area contributed by atoms with E-state index in [4.69, 9.17) is 11.6 Å². The number of nitrogens with one attached hydrogen (secondary N) is 1. The fourth-order valence-electron chi connectivity index (χ4n) is 2.16. The zero-order chi connectivity index (χ0) is 15.1. The molecule has 3 rings (SSSR count). The van der Waals surface area contributed by atoms with Crippen molar-refractivity contribution in [2.24, 2.45) is 0 Å². The van der Waals surface area contributed by atoms with E-state index in [1.165, 1.54) is 0 Å². The number of nitrogens with zero attached hydrogens (tertiary/aromatic N) is 3. The number of hydrogen-bond acceptors (Lipinski definition) is 4. The zero-order valence-electron chi connectivity index (χ0n) is 10.8. The minimum absolute atomic E-state index is 0.0145. The van der Waals surface area contributed by atoms with Gasteiger partial charge in [-0.15, -0.1) is 0 Å². The van der Waals surface area contributed by atoms with Crippen LogP contribution in [0.4, 0.5) is 26.0 Å². The molecular weight excluding hydrogens is 302 g/mol. The van der Waals surface area contributed by atoms with Crippen LogP contribution < -0.4 is 10.2 Å². The second kappa shape index (κ2) is 4.92. The van der Waals surface area contributed by atoms with Crippen molar-refractivity contribution < 1.29 is 13.6 Å². The highest BCUT2D eigenvalue weighted by molar-refractivity contribution is 6.33. The molecule has 0 aliphatic carbocycles. The third kappa shape index (κ3) is 2.40. The molecule has 0 atom stereocenters. The van der Waals surface area contributed by atoms with E-state index >= 15 is 0 Å². The van der Waals surface area contributed by atoms with Gasteiger partial charge < -0.3 is 10.2 Å². The molecule has 2 aromatic rings. The Bertz CT molecular complexity index is 753. The molecule has 1 aromatic carbocycles. The summed E-state index contributed by atoms with van der Waals surface area (Å²) in [4.78, 5) is 19.5. The van der Waals surface area contributed by atoms with Crippen molar-refractivity contribution >= 4 is 34.7 Å². The van der Waals surface area contributed by atoms with Gasteiger partial charge in [0.15, 0.2) is 5.82 Å². The fourth-order valence-corrected chi connectivity index (χ4v) is 2.29. The van der Waals surface area contributed by atoms with Crippen LogP contribution in [0.25, 0.3) is 0 Å². The lowest BCUT2D eigenvalue weighted by molar-refractivity contribution is -0.117. The molecule has 0 saturated carbocycles. The van der Waals surface area contributed by atoms with Gasteiger partial charge in [-0.05, 0) is 23.8 Å². The fraction of sp³-hybridized carbons (Fsp3) is 0.154. The van der Waals surface area contributed by atoms with Gasteiger partial charge >= 0.3 is 6.08 Å². The molecule has 0 radical (unpaired) electrons. The molecule has 1 N–H and O–H groups in total. The first-order valence-electron chi connectivity index (χ1n) is 6.01. The van der Waals surface area contributed by atoms with Gasteiger partial charge in [-0.1, -0.05) is 11.6 Å². The summed E-state index contributed by atoms with van der Waals surface area (Å²) in [6, 6.07) is 5.12. The normalized spacial score (nSPS) is 13.5. The van der Waals surface area contributed by atoms with Crippen LogP contribution in [0.15, 0.2) is 18.2 Å². The second-order valence-corrected chi connectivity index (χ2v) is 4.92. The highest BCUT2D eigenvalue weighted by atomic mass is 35.5. The molecule has 21 heavy (non-hydrogen) atoms. The van der Waals surface area contributed by atoms with E-state index in [1.54, 1.807) is 30.1 Å². The van der Waals surface area contributed by atoms with E-state index in [1.807, 2.05) is 0 Å². The Morgan fingerprint density at radius 3 is 2.86 bits per heavy atom. The van der Waals surface area contributed by atoms with E-state index in [-0.39, 0.29) is 18.1 Å². The molecule has 0 saturated heterocycles. The van der Waals surface area contributed by atoms with Crippen molar-refractivity contribution in [3.8, 4) is 0 Å². The van der Waals surface area contributed by atoms with Crippen LogP contribution in [-0.4, -0.2) is 22.9 Å². The van der Waals surface area contributed by atoms with E-state index in [0.29, 0.717) is 5.69 Å². The lowest BCUT2D eigenvalue weighted by atomic mass is 10.1. The number of carbonyl (C=O) groups excluding carboxylic acids is 1. The summed E-state index contributed by atoms with van der Waals surface area (Å²) in [7, 11) is 1.69. The summed E-state index contributed by atoms with van der Waals surface area (Å²) in [5.74, 6) is -1.32. The first kappa shape index (κ1) is 13.7. The van der Waals surface area contributed by atoms with Gasteiger partial charge in [-0.2, -0.15) is 18.7 Å². The van der Waals surface area contributed by atoms with Crippen LogP contribution in [0.1, 0.15) is 5.56 Å². The van der Waals surface area contributed by atoms with Crippen molar-refractivity contribution in [1.82, 2.24) is 9.97 Å². The monoisotopic (exact) mass is 310 g/mol. The Balaban J connectivity index is 1.94. The van der Waals surface area contributed by atoms with E-state index in [2.05, 4.69) is 15.3 Å². The Kier molecular flexibility index (Phi) is 3.21. The highest BCUT2D eigenvalue weighted by Gasteiger charge is 2.24. The van der Waals surface area contributed by atoms with Crippen molar-refractivity contribution in [3.63, 3.8) is 0 Å². The predicted molar refractivity (Wildman–Crippen MR) is 73.8 cm³/mol. The van der Waals surface area contributed by atoms with E-state index in [9.17, 15) is 13.6 Å². The summed E-state index contributed by atoms with van der Waals surface area (Å²) < 4.78 is 26.3. The standard InChI is InChI=1S/C13H9ClF2N4O/c1-20-8-3-2-7(4-6(8)5-9(20)21)17-12-10(14)11(15)18-13(16)19-12/h2-4H,5H2,1H3,(H,17,18,19). The van der Waals surface area contributed by atoms with Gasteiger partial charge in [0, 0.05) is 18.4 Å². The number of benzene rings is 1.